The zero-order chi connectivity index (χ0) is 16.8. The van der Waals surface area contributed by atoms with Gasteiger partial charge in [0.05, 0.1) is 17.4 Å². The number of hydrogen-bond donors (Lipinski definition) is 2. The quantitative estimate of drug-likeness (QED) is 0.846. The topological polar surface area (TPSA) is 92.2 Å². The van der Waals surface area contributed by atoms with Crippen LogP contribution in [0.3, 0.4) is 0 Å². The highest BCUT2D eigenvalue weighted by molar-refractivity contribution is 5.97. The molecule has 24 heavy (non-hydrogen) atoms. The lowest BCUT2D eigenvalue weighted by Gasteiger charge is -2.23. The number of nitrogens with one attached hydrogen (secondary N) is 1. The van der Waals surface area contributed by atoms with E-state index in [0.29, 0.717) is 11.5 Å². The van der Waals surface area contributed by atoms with E-state index >= 15 is 0 Å². The minimum atomic E-state index is -0.895. The number of allylic oxidation sites excluding steroid dienone is 2. The van der Waals surface area contributed by atoms with Crippen LogP contribution in [0.1, 0.15) is 12.2 Å². The number of aliphatic carboxylic acids is 1. The van der Waals surface area contributed by atoms with Gasteiger partial charge >= 0.3 is 5.97 Å². The SMILES string of the molecule is Cc1ncc2ccc(NC(=O)[C@@H]3C4C=CC(C4)[C@@H]3C(=O)O)cc2n1. The fourth-order valence-electron chi connectivity index (χ4n) is 3.94. The summed E-state index contributed by atoms with van der Waals surface area (Å²) in [6.45, 7) is 1.81. The van der Waals surface area contributed by atoms with Crippen molar-refractivity contribution in [1.82, 2.24) is 9.97 Å². The fraction of sp³-hybridized carbons (Fsp3) is 0.333. The molecule has 4 atom stereocenters. The van der Waals surface area contributed by atoms with Crippen molar-refractivity contribution in [3.8, 4) is 0 Å². The molecule has 1 heterocycles. The highest BCUT2D eigenvalue weighted by Gasteiger charge is 2.51. The molecule has 6 nitrogen and oxygen atoms in total. The first-order valence-electron chi connectivity index (χ1n) is 7.98. The lowest BCUT2D eigenvalue weighted by atomic mass is 9.82. The number of benzene rings is 1. The zero-order valence-electron chi connectivity index (χ0n) is 13.1. The first-order chi connectivity index (χ1) is 11.5. The van der Waals surface area contributed by atoms with Crippen molar-refractivity contribution in [3.05, 3.63) is 42.4 Å². The summed E-state index contributed by atoms with van der Waals surface area (Å²) in [6.07, 6.45) is 6.40. The predicted molar refractivity (Wildman–Crippen MR) is 88.3 cm³/mol. The second kappa shape index (κ2) is 5.40. The van der Waals surface area contributed by atoms with Gasteiger partial charge in [-0.05, 0) is 43.4 Å². The van der Waals surface area contributed by atoms with Crippen molar-refractivity contribution >= 4 is 28.5 Å². The summed E-state index contributed by atoms with van der Waals surface area (Å²) in [5.74, 6) is -1.63. The summed E-state index contributed by atoms with van der Waals surface area (Å²) in [6, 6.07) is 5.43. The van der Waals surface area contributed by atoms with Gasteiger partial charge in [0.2, 0.25) is 5.91 Å². The molecule has 1 fully saturated rings. The van der Waals surface area contributed by atoms with Crippen LogP contribution in [-0.4, -0.2) is 27.0 Å². The lowest BCUT2D eigenvalue weighted by molar-refractivity contribution is -0.146. The maximum absolute atomic E-state index is 12.7. The third kappa shape index (κ3) is 2.35. The van der Waals surface area contributed by atoms with E-state index in [1.807, 2.05) is 25.1 Å². The Hall–Kier alpha value is -2.76. The van der Waals surface area contributed by atoms with Crippen LogP contribution in [0.4, 0.5) is 5.69 Å². The van der Waals surface area contributed by atoms with Crippen LogP contribution in [0.2, 0.25) is 0 Å². The number of amides is 1. The van der Waals surface area contributed by atoms with Crippen molar-refractivity contribution in [3.63, 3.8) is 0 Å². The van der Waals surface area contributed by atoms with Crippen molar-refractivity contribution in [2.75, 3.05) is 5.32 Å². The van der Waals surface area contributed by atoms with E-state index in [9.17, 15) is 14.7 Å². The second-order valence-corrected chi connectivity index (χ2v) is 6.52. The van der Waals surface area contributed by atoms with Crippen molar-refractivity contribution in [2.45, 2.75) is 13.3 Å². The Kier molecular flexibility index (Phi) is 3.33. The average molecular weight is 323 g/mol. The summed E-state index contributed by atoms with van der Waals surface area (Å²) in [5, 5.41) is 13.2. The molecule has 2 unspecified atom stereocenters. The van der Waals surface area contributed by atoms with Gasteiger partial charge in [0.15, 0.2) is 0 Å². The van der Waals surface area contributed by atoms with Gasteiger partial charge in [-0.2, -0.15) is 0 Å². The number of anilines is 1. The maximum Gasteiger partial charge on any atom is 0.307 e. The molecule has 1 amide bonds. The number of fused-ring (bicyclic) bond motifs is 3. The number of carboxylic acids is 1. The molecule has 122 valence electrons. The minimum Gasteiger partial charge on any atom is -0.481 e. The smallest absolute Gasteiger partial charge is 0.307 e. The van der Waals surface area contributed by atoms with Gasteiger partial charge in [0.25, 0.3) is 0 Å². The van der Waals surface area contributed by atoms with Crippen LogP contribution in [0, 0.1) is 30.6 Å². The van der Waals surface area contributed by atoms with Gasteiger partial charge < -0.3 is 10.4 Å². The highest BCUT2D eigenvalue weighted by atomic mass is 16.4. The Labute approximate surface area is 138 Å². The molecular weight excluding hydrogens is 306 g/mol. The van der Waals surface area contributed by atoms with Crippen molar-refractivity contribution in [2.24, 2.45) is 23.7 Å². The summed E-state index contributed by atoms with van der Waals surface area (Å²) < 4.78 is 0. The Balaban J connectivity index is 1.60. The third-order valence-corrected chi connectivity index (χ3v) is 5.02. The van der Waals surface area contributed by atoms with E-state index in [1.165, 1.54) is 0 Å². The van der Waals surface area contributed by atoms with E-state index in [4.69, 9.17) is 0 Å². The number of aryl methyl sites for hydroxylation is 1. The first-order valence-corrected chi connectivity index (χ1v) is 7.98. The van der Waals surface area contributed by atoms with Crippen LogP contribution in [0.5, 0.6) is 0 Å². The molecule has 2 aromatic rings. The van der Waals surface area contributed by atoms with Crippen molar-refractivity contribution < 1.29 is 14.7 Å². The number of carboxylic acid groups (broad SMARTS) is 1. The molecule has 0 aliphatic heterocycles. The molecule has 2 aliphatic rings. The van der Waals surface area contributed by atoms with E-state index in [1.54, 1.807) is 18.3 Å². The molecule has 4 rings (SSSR count). The summed E-state index contributed by atoms with van der Waals surface area (Å²) in [4.78, 5) is 32.7. The van der Waals surface area contributed by atoms with E-state index < -0.39 is 17.8 Å². The van der Waals surface area contributed by atoms with E-state index in [-0.39, 0.29) is 17.7 Å². The lowest BCUT2D eigenvalue weighted by Crippen LogP contribution is -2.36. The fourth-order valence-corrected chi connectivity index (χ4v) is 3.94. The van der Waals surface area contributed by atoms with Crippen LogP contribution >= 0.6 is 0 Å². The molecule has 6 heteroatoms. The number of aromatic nitrogens is 2. The van der Waals surface area contributed by atoms with Gasteiger partial charge in [0, 0.05) is 17.3 Å². The predicted octanol–water partition coefficient (Wildman–Crippen LogP) is 2.40. The Morgan fingerprint density at radius 2 is 1.96 bits per heavy atom. The standard InChI is InChI=1S/C18H17N3O3/c1-9-19-8-12-4-5-13(7-14(12)20-9)21-17(22)15-10-2-3-11(6-10)16(15)18(23)24/h2-5,7-8,10-11,15-16H,6H2,1H3,(H,21,22)(H,23,24)/t10?,11?,15-,16+/m1/s1. The van der Waals surface area contributed by atoms with Gasteiger partial charge in [-0.15, -0.1) is 0 Å². The van der Waals surface area contributed by atoms with Crippen LogP contribution in [-0.2, 0) is 9.59 Å². The number of hydrogen-bond acceptors (Lipinski definition) is 4. The molecule has 0 radical (unpaired) electrons. The Bertz CT molecular complexity index is 877. The second-order valence-electron chi connectivity index (χ2n) is 6.52. The molecule has 2 N–H and O–H groups in total. The molecule has 1 saturated carbocycles. The molecule has 1 aromatic heterocycles. The molecule has 2 aliphatic carbocycles. The zero-order valence-corrected chi connectivity index (χ0v) is 13.1. The molecule has 0 saturated heterocycles. The van der Waals surface area contributed by atoms with Crippen LogP contribution in [0.25, 0.3) is 10.9 Å². The number of carbonyl (C=O) groups excluding carboxylic acids is 1. The molecule has 1 aromatic carbocycles. The van der Waals surface area contributed by atoms with E-state index in [0.717, 1.165) is 17.3 Å². The van der Waals surface area contributed by atoms with Gasteiger partial charge in [-0.1, -0.05) is 12.2 Å². The largest absolute Gasteiger partial charge is 0.481 e. The maximum atomic E-state index is 12.7. The summed E-state index contributed by atoms with van der Waals surface area (Å²) >= 11 is 0. The molecular formula is C18H17N3O3. The van der Waals surface area contributed by atoms with Gasteiger partial charge in [-0.25, -0.2) is 9.97 Å². The van der Waals surface area contributed by atoms with Gasteiger partial charge in [-0.3, -0.25) is 9.59 Å². The summed E-state index contributed by atoms with van der Waals surface area (Å²) in [5.41, 5.74) is 1.38. The summed E-state index contributed by atoms with van der Waals surface area (Å²) in [7, 11) is 0. The number of rotatable bonds is 3. The normalized spacial score (nSPS) is 27.5. The van der Waals surface area contributed by atoms with E-state index in [2.05, 4.69) is 15.3 Å². The Morgan fingerprint density at radius 1 is 1.21 bits per heavy atom. The Morgan fingerprint density at radius 3 is 2.71 bits per heavy atom. The molecule has 0 spiro atoms. The third-order valence-electron chi connectivity index (χ3n) is 5.02. The molecule has 2 bridgehead atoms. The van der Waals surface area contributed by atoms with Crippen LogP contribution < -0.4 is 5.32 Å². The van der Waals surface area contributed by atoms with Crippen LogP contribution in [0.15, 0.2) is 36.5 Å². The van der Waals surface area contributed by atoms with Gasteiger partial charge in [0.1, 0.15) is 5.82 Å². The minimum absolute atomic E-state index is 0.0149. The average Bonchev–Trinajstić information content (AvgIpc) is 3.15. The highest BCUT2D eigenvalue weighted by Crippen LogP contribution is 2.48. The number of nitrogens with zero attached hydrogens (tertiary/aromatic N) is 2. The number of carbonyl (C=O) groups is 2. The van der Waals surface area contributed by atoms with Crippen molar-refractivity contribution in [1.29, 1.82) is 0 Å². The first kappa shape index (κ1) is 14.8. The monoisotopic (exact) mass is 323 g/mol.